The Balaban J connectivity index is 1.84. The Kier molecular flexibility index (Phi) is 4.80. The molecule has 144 valence electrons. The van der Waals surface area contributed by atoms with Gasteiger partial charge >= 0.3 is 0 Å². The van der Waals surface area contributed by atoms with Crippen molar-refractivity contribution in [2.75, 3.05) is 18.0 Å². The van der Waals surface area contributed by atoms with Crippen LogP contribution < -0.4 is 4.90 Å². The Labute approximate surface area is 166 Å². The second-order valence-electron chi connectivity index (χ2n) is 7.93. The molecule has 0 atom stereocenters. The first-order valence-electron chi connectivity index (χ1n) is 9.99. The maximum Gasteiger partial charge on any atom is 0.282 e. The summed E-state index contributed by atoms with van der Waals surface area (Å²) in [5.41, 5.74) is 5.78. The molecule has 0 N–H and O–H groups in total. The zero-order chi connectivity index (χ0) is 19.8. The molecule has 0 unspecified atom stereocenters. The minimum absolute atomic E-state index is 0.201. The zero-order valence-electron chi connectivity index (χ0n) is 16.8. The second kappa shape index (κ2) is 7.27. The lowest BCUT2D eigenvalue weighted by atomic mass is 10.0. The Bertz CT molecular complexity index is 946. The van der Waals surface area contributed by atoms with Crippen molar-refractivity contribution >= 4 is 23.1 Å². The molecular formula is C24H26N2O2. The van der Waals surface area contributed by atoms with E-state index in [0.717, 1.165) is 48.2 Å². The minimum Gasteiger partial charge on any atom is -0.366 e. The predicted molar refractivity (Wildman–Crippen MR) is 112 cm³/mol. The van der Waals surface area contributed by atoms with Crippen LogP contribution in [0.2, 0.25) is 0 Å². The molecule has 0 bridgehead atoms. The number of piperidine rings is 1. The summed E-state index contributed by atoms with van der Waals surface area (Å²) in [7, 11) is 0. The van der Waals surface area contributed by atoms with Gasteiger partial charge in [-0.05, 0) is 68.9 Å². The van der Waals surface area contributed by atoms with Crippen molar-refractivity contribution in [3.8, 4) is 0 Å². The summed E-state index contributed by atoms with van der Waals surface area (Å²) >= 11 is 0. The van der Waals surface area contributed by atoms with E-state index >= 15 is 0 Å². The van der Waals surface area contributed by atoms with E-state index in [-0.39, 0.29) is 11.8 Å². The van der Waals surface area contributed by atoms with Crippen LogP contribution in [0.15, 0.2) is 48.2 Å². The van der Waals surface area contributed by atoms with E-state index in [2.05, 4.69) is 4.90 Å². The fourth-order valence-electron chi connectivity index (χ4n) is 4.22. The first-order valence-corrected chi connectivity index (χ1v) is 9.99. The van der Waals surface area contributed by atoms with E-state index in [1.807, 2.05) is 63.2 Å². The molecule has 4 heteroatoms. The van der Waals surface area contributed by atoms with E-state index < -0.39 is 0 Å². The van der Waals surface area contributed by atoms with Gasteiger partial charge in [0, 0.05) is 13.1 Å². The first-order chi connectivity index (χ1) is 13.5. The molecule has 0 aromatic heterocycles. The molecule has 0 aliphatic carbocycles. The third-order valence-electron chi connectivity index (χ3n) is 5.54. The van der Waals surface area contributed by atoms with Gasteiger partial charge in [-0.25, -0.2) is 4.90 Å². The monoisotopic (exact) mass is 374 g/mol. The van der Waals surface area contributed by atoms with E-state index in [4.69, 9.17) is 0 Å². The van der Waals surface area contributed by atoms with Gasteiger partial charge in [0.1, 0.15) is 5.70 Å². The molecule has 2 aliphatic rings. The number of anilines is 1. The van der Waals surface area contributed by atoms with Crippen LogP contribution in [0.5, 0.6) is 0 Å². The van der Waals surface area contributed by atoms with Crippen LogP contribution in [0.3, 0.4) is 0 Å². The highest BCUT2D eigenvalue weighted by Crippen LogP contribution is 2.36. The molecule has 4 rings (SSSR count). The Morgan fingerprint density at radius 3 is 1.93 bits per heavy atom. The molecular weight excluding hydrogens is 348 g/mol. The summed E-state index contributed by atoms with van der Waals surface area (Å²) in [6.45, 7) is 7.64. The van der Waals surface area contributed by atoms with Crippen LogP contribution in [0.25, 0.3) is 5.57 Å². The molecule has 1 fully saturated rings. The van der Waals surface area contributed by atoms with E-state index in [9.17, 15) is 9.59 Å². The van der Waals surface area contributed by atoms with Gasteiger partial charge in [0.15, 0.2) is 0 Å². The van der Waals surface area contributed by atoms with Crippen molar-refractivity contribution < 1.29 is 9.59 Å². The molecule has 2 aromatic carbocycles. The molecule has 2 heterocycles. The molecule has 4 nitrogen and oxygen atoms in total. The summed E-state index contributed by atoms with van der Waals surface area (Å²) in [5, 5.41) is 0. The number of hydrogen-bond acceptors (Lipinski definition) is 3. The fourth-order valence-corrected chi connectivity index (χ4v) is 4.22. The first kappa shape index (κ1) is 18.5. The Morgan fingerprint density at radius 1 is 0.714 bits per heavy atom. The normalized spacial score (nSPS) is 17.7. The fraction of sp³-hybridized carbons (Fsp3) is 0.333. The lowest BCUT2D eigenvalue weighted by molar-refractivity contribution is -0.120. The number of aryl methyl sites for hydroxylation is 3. The summed E-state index contributed by atoms with van der Waals surface area (Å²) in [4.78, 5) is 30.5. The Hall–Kier alpha value is -2.88. The molecule has 0 radical (unpaired) electrons. The number of imide groups is 1. The third-order valence-corrected chi connectivity index (χ3v) is 5.54. The number of benzene rings is 2. The van der Waals surface area contributed by atoms with Gasteiger partial charge in [0.25, 0.3) is 11.8 Å². The number of rotatable bonds is 3. The Morgan fingerprint density at radius 2 is 1.32 bits per heavy atom. The predicted octanol–water partition coefficient (Wildman–Crippen LogP) is 4.38. The van der Waals surface area contributed by atoms with Crippen molar-refractivity contribution in [3.05, 3.63) is 70.4 Å². The number of carbonyl (C=O) groups is 2. The molecule has 1 saturated heterocycles. The van der Waals surface area contributed by atoms with Crippen LogP contribution in [0.4, 0.5) is 5.69 Å². The van der Waals surface area contributed by atoms with E-state index in [1.54, 1.807) is 0 Å². The van der Waals surface area contributed by atoms with Crippen molar-refractivity contribution in [3.63, 3.8) is 0 Å². The summed E-state index contributed by atoms with van der Waals surface area (Å²) < 4.78 is 0. The minimum atomic E-state index is -0.223. The van der Waals surface area contributed by atoms with Crippen molar-refractivity contribution in [2.24, 2.45) is 0 Å². The van der Waals surface area contributed by atoms with Crippen molar-refractivity contribution in [2.45, 2.75) is 40.0 Å². The van der Waals surface area contributed by atoms with Gasteiger partial charge in [-0.15, -0.1) is 0 Å². The average Bonchev–Trinajstić information content (AvgIpc) is 2.93. The molecule has 28 heavy (non-hydrogen) atoms. The van der Waals surface area contributed by atoms with Gasteiger partial charge in [0.05, 0.1) is 11.3 Å². The van der Waals surface area contributed by atoms with Crippen LogP contribution in [-0.2, 0) is 9.59 Å². The standard InChI is InChI=1S/C24H26N2O2/c1-16-7-9-19(10-8-16)21-22(25-11-5-4-6-12-25)24(28)26(23(21)27)20-14-17(2)13-18(3)15-20/h7-10,13-15H,4-6,11-12H2,1-3H3. The molecule has 2 aliphatic heterocycles. The topological polar surface area (TPSA) is 40.6 Å². The summed E-state index contributed by atoms with van der Waals surface area (Å²) in [6.07, 6.45) is 3.28. The quantitative estimate of drug-likeness (QED) is 0.749. The number of likely N-dealkylation sites (tertiary alicyclic amines) is 1. The van der Waals surface area contributed by atoms with Gasteiger partial charge in [-0.2, -0.15) is 0 Å². The van der Waals surface area contributed by atoms with Crippen LogP contribution >= 0.6 is 0 Å². The van der Waals surface area contributed by atoms with Gasteiger partial charge in [0.2, 0.25) is 0 Å². The van der Waals surface area contributed by atoms with E-state index in [0.29, 0.717) is 17.0 Å². The largest absolute Gasteiger partial charge is 0.366 e. The lowest BCUT2D eigenvalue weighted by Gasteiger charge is -2.29. The number of carbonyl (C=O) groups excluding carboxylic acids is 2. The highest BCUT2D eigenvalue weighted by atomic mass is 16.2. The number of nitrogens with zero attached hydrogens (tertiary/aromatic N) is 2. The molecule has 0 spiro atoms. The smallest absolute Gasteiger partial charge is 0.282 e. The zero-order valence-corrected chi connectivity index (χ0v) is 16.8. The van der Waals surface area contributed by atoms with Crippen molar-refractivity contribution in [1.82, 2.24) is 4.90 Å². The highest BCUT2D eigenvalue weighted by Gasteiger charge is 2.42. The van der Waals surface area contributed by atoms with Crippen LogP contribution in [0, 0.1) is 20.8 Å². The molecule has 2 aromatic rings. The maximum absolute atomic E-state index is 13.5. The molecule has 2 amide bonds. The summed E-state index contributed by atoms with van der Waals surface area (Å²) in [6, 6.07) is 13.8. The van der Waals surface area contributed by atoms with E-state index in [1.165, 1.54) is 11.3 Å². The van der Waals surface area contributed by atoms with Crippen LogP contribution in [-0.4, -0.2) is 29.8 Å². The van der Waals surface area contributed by atoms with Gasteiger partial charge in [-0.3, -0.25) is 9.59 Å². The van der Waals surface area contributed by atoms with Gasteiger partial charge in [-0.1, -0.05) is 35.9 Å². The van der Waals surface area contributed by atoms with Crippen LogP contribution in [0.1, 0.15) is 41.5 Å². The number of hydrogen-bond donors (Lipinski definition) is 0. The van der Waals surface area contributed by atoms with Crippen molar-refractivity contribution in [1.29, 1.82) is 0 Å². The second-order valence-corrected chi connectivity index (χ2v) is 7.93. The van der Waals surface area contributed by atoms with Gasteiger partial charge < -0.3 is 4.90 Å². The maximum atomic E-state index is 13.5. The lowest BCUT2D eigenvalue weighted by Crippen LogP contribution is -2.37. The summed E-state index contributed by atoms with van der Waals surface area (Å²) in [5.74, 6) is -0.424. The highest BCUT2D eigenvalue weighted by molar-refractivity contribution is 6.45. The SMILES string of the molecule is Cc1ccc(C2=C(N3CCCCC3)C(=O)N(c3cc(C)cc(C)c3)C2=O)cc1. The molecule has 0 saturated carbocycles. The number of amides is 2. The third kappa shape index (κ3) is 3.24. The average molecular weight is 374 g/mol.